The van der Waals surface area contributed by atoms with Crippen LogP contribution in [0.15, 0.2) is 6.20 Å². The van der Waals surface area contributed by atoms with Gasteiger partial charge >= 0.3 is 5.69 Å². The Kier molecular flexibility index (Phi) is 3.97. The van der Waals surface area contributed by atoms with Gasteiger partial charge in [-0.15, -0.1) is 0 Å². The molecule has 2 heterocycles. The third-order valence-electron chi connectivity index (χ3n) is 3.17. The molecule has 1 aliphatic rings. The predicted octanol–water partition coefficient (Wildman–Crippen LogP) is 0.390. The number of nitrogen functional groups attached to an aromatic ring is 1. The lowest BCUT2D eigenvalue weighted by atomic mass is 10.3. The highest BCUT2D eigenvalue weighted by Gasteiger charge is 2.26. The van der Waals surface area contributed by atoms with Crippen molar-refractivity contribution in [3.8, 4) is 0 Å². The van der Waals surface area contributed by atoms with Crippen LogP contribution in [-0.2, 0) is 4.79 Å². The van der Waals surface area contributed by atoms with Gasteiger partial charge in [0, 0.05) is 25.6 Å². The highest BCUT2D eigenvalue weighted by Crippen LogP contribution is 2.20. The molecule has 20 heavy (non-hydrogen) atoms. The number of carbonyl (C=O) groups is 1. The van der Waals surface area contributed by atoms with Crippen LogP contribution >= 0.6 is 0 Å². The Bertz CT molecular complexity index is 535. The average molecular weight is 280 g/mol. The summed E-state index contributed by atoms with van der Waals surface area (Å²) in [6, 6.07) is 0.0337. The zero-order valence-electron chi connectivity index (χ0n) is 11.1. The monoisotopic (exact) mass is 280 g/mol. The minimum absolute atomic E-state index is 0.0337. The number of amides is 1. The summed E-state index contributed by atoms with van der Waals surface area (Å²) in [4.78, 5) is 31.0. The van der Waals surface area contributed by atoms with E-state index in [1.807, 2.05) is 6.92 Å². The fourth-order valence-corrected chi connectivity index (χ4v) is 2.11. The van der Waals surface area contributed by atoms with Crippen molar-refractivity contribution >= 4 is 23.4 Å². The minimum atomic E-state index is -0.629. The van der Waals surface area contributed by atoms with E-state index in [-0.39, 0.29) is 29.4 Å². The number of hydrogen-bond donors (Lipinski definition) is 2. The first-order valence-electron chi connectivity index (χ1n) is 6.32. The molecule has 1 fully saturated rings. The molecule has 1 atom stereocenters. The van der Waals surface area contributed by atoms with E-state index in [2.05, 4.69) is 15.3 Å². The molecule has 9 heteroatoms. The van der Waals surface area contributed by atoms with Crippen molar-refractivity contribution in [3.63, 3.8) is 0 Å². The van der Waals surface area contributed by atoms with Crippen molar-refractivity contribution in [2.45, 2.75) is 25.8 Å². The van der Waals surface area contributed by atoms with Crippen LogP contribution < -0.4 is 11.1 Å². The van der Waals surface area contributed by atoms with Crippen molar-refractivity contribution in [3.05, 3.63) is 16.3 Å². The molecule has 0 aromatic carbocycles. The maximum atomic E-state index is 11.6. The highest BCUT2D eigenvalue weighted by atomic mass is 16.6. The molecule has 0 aliphatic carbocycles. The summed E-state index contributed by atoms with van der Waals surface area (Å²) >= 11 is 0. The van der Waals surface area contributed by atoms with Crippen LogP contribution in [-0.4, -0.2) is 44.8 Å². The number of nitrogens with one attached hydrogen (secondary N) is 1. The van der Waals surface area contributed by atoms with Gasteiger partial charge in [-0.1, -0.05) is 6.92 Å². The summed E-state index contributed by atoms with van der Waals surface area (Å²) < 4.78 is 0. The van der Waals surface area contributed by atoms with Gasteiger partial charge in [0.25, 0.3) is 0 Å². The van der Waals surface area contributed by atoms with Crippen molar-refractivity contribution in [2.24, 2.45) is 0 Å². The second-order valence-electron chi connectivity index (χ2n) is 4.54. The van der Waals surface area contributed by atoms with Crippen LogP contribution in [0.5, 0.6) is 0 Å². The molecule has 1 amide bonds. The van der Waals surface area contributed by atoms with Crippen LogP contribution in [0.3, 0.4) is 0 Å². The first-order chi connectivity index (χ1) is 9.51. The second-order valence-corrected chi connectivity index (χ2v) is 4.54. The van der Waals surface area contributed by atoms with E-state index in [4.69, 9.17) is 5.73 Å². The first kappa shape index (κ1) is 14.0. The smallest absolute Gasteiger partial charge is 0.329 e. The van der Waals surface area contributed by atoms with E-state index in [0.717, 1.165) is 12.6 Å². The Labute approximate surface area is 115 Å². The molecule has 1 aromatic rings. The van der Waals surface area contributed by atoms with Gasteiger partial charge in [-0.05, 0) is 6.42 Å². The fourth-order valence-electron chi connectivity index (χ4n) is 2.11. The van der Waals surface area contributed by atoms with Gasteiger partial charge in [-0.25, -0.2) is 4.98 Å². The molecule has 9 nitrogen and oxygen atoms in total. The summed E-state index contributed by atoms with van der Waals surface area (Å²) in [6.07, 6.45) is 2.34. The van der Waals surface area contributed by atoms with Gasteiger partial charge in [-0.3, -0.25) is 14.9 Å². The maximum Gasteiger partial charge on any atom is 0.329 e. The van der Waals surface area contributed by atoms with Crippen molar-refractivity contribution in [1.82, 2.24) is 14.9 Å². The third kappa shape index (κ3) is 2.92. The zero-order valence-corrected chi connectivity index (χ0v) is 11.1. The van der Waals surface area contributed by atoms with Crippen LogP contribution in [0.1, 0.15) is 19.8 Å². The Balaban J connectivity index is 2.00. The van der Waals surface area contributed by atoms with E-state index >= 15 is 0 Å². The predicted molar refractivity (Wildman–Crippen MR) is 72.0 cm³/mol. The van der Waals surface area contributed by atoms with E-state index in [1.165, 1.54) is 0 Å². The third-order valence-corrected chi connectivity index (χ3v) is 3.17. The Morgan fingerprint density at radius 3 is 3.05 bits per heavy atom. The molecule has 0 saturated carbocycles. The Morgan fingerprint density at radius 2 is 2.45 bits per heavy atom. The van der Waals surface area contributed by atoms with Gasteiger partial charge in [0.15, 0.2) is 0 Å². The SMILES string of the molecule is CCC(=O)N1CCC(Nc2ncc([N+](=O)[O-])c(N)n2)C1. The van der Waals surface area contributed by atoms with Crippen molar-refractivity contribution in [2.75, 3.05) is 24.1 Å². The van der Waals surface area contributed by atoms with Gasteiger partial charge in [0.2, 0.25) is 17.7 Å². The molecule has 2 rings (SSSR count). The lowest BCUT2D eigenvalue weighted by molar-refractivity contribution is -0.384. The summed E-state index contributed by atoms with van der Waals surface area (Å²) in [5, 5.41) is 13.6. The van der Waals surface area contributed by atoms with Gasteiger partial charge < -0.3 is 16.0 Å². The van der Waals surface area contributed by atoms with E-state index < -0.39 is 4.92 Å². The highest BCUT2D eigenvalue weighted by molar-refractivity contribution is 5.76. The summed E-state index contributed by atoms with van der Waals surface area (Å²) in [5.74, 6) is 0.175. The number of carbonyl (C=O) groups excluding carboxylic acids is 1. The Hall–Kier alpha value is -2.45. The van der Waals surface area contributed by atoms with E-state index in [9.17, 15) is 14.9 Å². The average Bonchev–Trinajstić information content (AvgIpc) is 2.86. The number of rotatable bonds is 4. The van der Waals surface area contributed by atoms with Gasteiger partial charge in [0.1, 0.15) is 6.20 Å². The van der Waals surface area contributed by atoms with E-state index in [1.54, 1.807) is 4.90 Å². The molecule has 0 radical (unpaired) electrons. The molecule has 1 aliphatic heterocycles. The largest absolute Gasteiger partial charge is 0.378 e. The van der Waals surface area contributed by atoms with Crippen LogP contribution in [0.25, 0.3) is 0 Å². The lowest BCUT2D eigenvalue weighted by Crippen LogP contribution is -2.31. The molecule has 1 saturated heterocycles. The molecule has 0 spiro atoms. The number of nitro groups is 1. The molecule has 1 aromatic heterocycles. The number of anilines is 2. The fraction of sp³-hybridized carbons (Fsp3) is 0.545. The number of hydrogen-bond acceptors (Lipinski definition) is 7. The van der Waals surface area contributed by atoms with Crippen LogP contribution in [0.2, 0.25) is 0 Å². The van der Waals surface area contributed by atoms with Gasteiger partial charge in [0.05, 0.1) is 4.92 Å². The number of nitrogens with zero attached hydrogens (tertiary/aromatic N) is 4. The zero-order chi connectivity index (χ0) is 14.7. The topological polar surface area (TPSA) is 127 Å². The summed E-state index contributed by atoms with van der Waals surface area (Å²) in [7, 11) is 0. The van der Waals surface area contributed by atoms with Crippen molar-refractivity contribution < 1.29 is 9.72 Å². The van der Waals surface area contributed by atoms with Crippen LogP contribution in [0, 0.1) is 10.1 Å². The molecule has 0 bridgehead atoms. The summed E-state index contributed by atoms with van der Waals surface area (Å²) in [5.41, 5.74) is 5.18. The molecular weight excluding hydrogens is 264 g/mol. The van der Waals surface area contributed by atoms with Crippen molar-refractivity contribution in [1.29, 1.82) is 0 Å². The first-order valence-corrected chi connectivity index (χ1v) is 6.32. The number of likely N-dealkylation sites (tertiary alicyclic amines) is 1. The molecule has 1 unspecified atom stereocenters. The molecule has 3 N–H and O–H groups in total. The number of aromatic nitrogens is 2. The standard InChI is InChI=1S/C11H16N6O3/c1-2-9(18)16-4-3-7(6-16)14-11-13-5-8(17(19)20)10(12)15-11/h5,7H,2-4,6H2,1H3,(H3,12,13,14,15). The quantitative estimate of drug-likeness (QED) is 0.603. The molecule has 108 valence electrons. The normalized spacial score (nSPS) is 18.1. The number of nitrogens with two attached hydrogens (primary N) is 1. The van der Waals surface area contributed by atoms with Gasteiger partial charge in [-0.2, -0.15) is 4.98 Å². The second kappa shape index (κ2) is 5.68. The minimum Gasteiger partial charge on any atom is -0.378 e. The lowest BCUT2D eigenvalue weighted by Gasteiger charge is -2.16. The summed E-state index contributed by atoms with van der Waals surface area (Å²) in [6.45, 7) is 3.09. The maximum absolute atomic E-state index is 11.6. The molecular formula is C11H16N6O3. The van der Waals surface area contributed by atoms with E-state index in [0.29, 0.717) is 19.5 Å². The van der Waals surface area contributed by atoms with Crippen LogP contribution in [0.4, 0.5) is 17.5 Å². The Morgan fingerprint density at radius 1 is 1.70 bits per heavy atom.